The van der Waals surface area contributed by atoms with Gasteiger partial charge in [0.25, 0.3) is 12.3 Å². The Bertz CT molecular complexity index is 2220. The molecule has 0 fully saturated rings. The third-order valence-corrected chi connectivity index (χ3v) is 6.40. The predicted molar refractivity (Wildman–Crippen MR) is 140 cm³/mol. The minimum atomic E-state index is -1.77. The average molecular weight is 702 g/mol. The third-order valence-electron chi connectivity index (χ3n) is 6.40. The fourth-order valence-corrected chi connectivity index (χ4v) is 4.55. The monoisotopic (exact) mass is 702 g/mol. The van der Waals surface area contributed by atoms with Crippen LogP contribution in [0.25, 0.3) is 22.5 Å². The smallest absolute Gasteiger partial charge is 0.870 e. The molecule has 0 unspecified atom stereocenters. The number of aromatic carboxylic acids is 4. The van der Waals surface area contributed by atoms with Crippen LogP contribution in [-0.4, -0.2) is 95.3 Å². The molecule has 0 saturated carbocycles. The van der Waals surface area contributed by atoms with Gasteiger partial charge in [0, 0.05) is 11.6 Å². The Morgan fingerprint density at radius 2 is 1.23 bits per heavy atom. The molecule has 4 heterocycles. The van der Waals surface area contributed by atoms with Gasteiger partial charge in [0.15, 0.2) is 5.78 Å². The van der Waals surface area contributed by atoms with Crippen molar-refractivity contribution < 1.29 is 159 Å². The molecule has 0 amide bonds. The molecule has 0 bridgehead atoms. The Morgan fingerprint density at radius 1 is 0.736 bits per heavy atom. The van der Waals surface area contributed by atoms with Gasteiger partial charge < -0.3 is 55.0 Å². The van der Waals surface area contributed by atoms with Crippen LogP contribution in [0.5, 0.6) is 5.88 Å². The SMILES string of the molecule is O=C([O-])c1cc(C(=O)[O-])c2c(n1)C(=O)C(=O)c1c[c-][nH]c1-2.O=C=O.O=COc1cc2c([nH]1)-c1c(C(=O)O)cc(C(=O)O)nc1C(=O)C2=O.[Li+].[Li+].[Li+].[Li+].[OH-]. The summed E-state index contributed by atoms with van der Waals surface area (Å²) in [4.78, 5) is 131. The van der Waals surface area contributed by atoms with Crippen molar-refractivity contribution in [3.05, 3.63) is 75.5 Å². The Morgan fingerprint density at radius 3 is 1.70 bits per heavy atom. The summed E-state index contributed by atoms with van der Waals surface area (Å²) in [5, 5.41) is 40.4. The third kappa shape index (κ3) is 9.35. The van der Waals surface area contributed by atoms with Crippen molar-refractivity contribution in [2.75, 3.05) is 0 Å². The molecule has 4 aromatic heterocycles. The molecule has 53 heavy (non-hydrogen) atoms. The Labute approximate surface area is 340 Å². The fraction of sp³-hybridized carbons (Fsp3) is 0. The van der Waals surface area contributed by atoms with Crippen molar-refractivity contribution in [2.24, 2.45) is 0 Å². The van der Waals surface area contributed by atoms with Crippen molar-refractivity contribution in [3.8, 4) is 28.4 Å². The summed E-state index contributed by atoms with van der Waals surface area (Å²) in [6.45, 7) is 0.0778. The van der Waals surface area contributed by atoms with Crippen LogP contribution in [0.4, 0.5) is 0 Å². The molecule has 0 atom stereocenters. The second-order valence-electron chi connectivity index (χ2n) is 8.98. The summed E-state index contributed by atoms with van der Waals surface area (Å²) < 4.78 is 4.56. The minimum absolute atomic E-state index is 0. The first-order valence-corrected chi connectivity index (χ1v) is 12.3. The number of fused-ring (bicyclic) bond motifs is 6. The maximum Gasteiger partial charge on any atom is 1.00 e. The molecule has 0 aliphatic heterocycles. The van der Waals surface area contributed by atoms with E-state index >= 15 is 0 Å². The number of carbonyl (C=O) groups excluding carboxylic acids is 9. The Kier molecular flexibility index (Phi) is 18.8. The summed E-state index contributed by atoms with van der Waals surface area (Å²) >= 11 is 0. The van der Waals surface area contributed by atoms with Gasteiger partial charge in [-0.2, -0.15) is 15.7 Å². The second kappa shape index (κ2) is 20.0. The number of H-pyrrole nitrogens is 2. The van der Waals surface area contributed by atoms with E-state index in [1.165, 1.54) is 6.07 Å². The first-order chi connectivity index (χ1) is 22.7. The maximum atomic E-state index is 12.2. The van der Waals surface area contributed by atoms with Crippen molar-refractivity contribution in [2.45, 2.75) is 0 Å². The van der Waals surface area contributed by atoms with Gasteiger partial charge in [-0.3, -0.25) is 19.2 Å². The number of hydrogen-bond acceptors (Lipinski definition) is 17. The molecule has 2 aliphatic carbocycles. The van der Waals surface area contributed by atoms with Gasteiger partial charge in [-0.05, 0) is 23.3 Å². The second-order valence-corrected chi connectivity index (χ2v) is 8.98. The quantitative estimate of drug-likeness (QED) is 0.0627. The van der Waals surface area contributed by atoms with Crippen LogP contribution in [0.15, 0.2) is 24.3 Å². The van der Waals surface area contributed by atoms with E-state index in [2.05, 4.69) is 30.9 Å². The minimum Gasteiger partial charge on any atom is -0.870 e. The Hall–Kier alpha value is -5.38. The van der Waals surface area contributed by atoms with Gasteiger partial charge in [0.1, 0.15) is 17.1 Å². The van der Waals surface area contributed by atoms with E-state index in [1.54, 1.807) is 0 Å². The number of aromatic nitrogens is 4. The summed E-state index contributed by atoms with van der Waals surface area (Å²) in [5.41, 5.74) is -4.47. The summed E-state index contributed by atoms with van der Waals surface area (Å²) in [5.74, 6) is -10.9. The number of nitrogens with one attached hydrogen (secondary N) is 2. The van der Waals surface area contributed by atoms with E-state index in [4.69, 9.17) is 14.7 Å². The summed E-state index contributed by atoms with van der Waals surface area (Å²) in [7, 11) is 0. The number of rotatable bonds is 6. The van der Waals surface area contributed by atoms with Crippen LogP contribution in [0, 0.1) is 6.20 Å². The average Bonchev–Trinajstić information content (AvgIpc) is 3.70. The van der Waals surface area contributed by atoms with Gasteiger partial charge in [0.05, 0.1) is 34.5 Å². The molecule has 0 saturated heterocycles. The van der Waals surface area contributed by atoms with Crippen molar-refractivity contribution in [1.29, 1.82) is 0 Å². The van der Waals surface area contributed by atoms with Crippen LogP contribution in [0.1, 0.15) is 83.4 Å². The van der Waals surface area contributed by atoms with Gasteiger partial charge >= 0.3 is 93.5 Å². The standard InChI is InChI=1S/C14H6N2O8.C13H5N2O6.CO2.4Li.H2O/c17-3-24-7-2-5-9(16-7)8-4(13(20)21)1-6(14(22)23)15-10(8)12(19)11(5)18;16-10-4-1-2-14-8(4)7-5(12(18)19)3-6(13(20)21)15-9(7)11(10)17;2-1-3;;;;;/h1-3,16H,(H,20,21)(H,22,23);1,3,14H,(H,18,19)(H,20,21);;;;;;1H2/q;-1;;4*+1;/p-3. The molecule has 4 aromatic rings. The normalized spacial score (nSPS) is 10.8. The summed E-state index contributed by atoms with van der Waals surface area (Å²) in [6.07, 6.45) is 2.72. The number of hydrogen-bond donors (Lipinski definition) is 4. The molecular weight excluding hydrogens is 692 g/mol. The van der Waals surface area contributed by atoms with E-state index in [0.717, 1.165) is 18.2 Å². The first kappa shape index (κ1) is 49.7. The number of ether oxygens (including phenoxy) is 1. The molecule has 5 N–H and O–H groups in total. The zero-order valence-electron chi connectivity index (χ0n) is 27.3. The zero-order chi connectivity index (χ0) is 35.6. The number of aromatic amines is 2. The van der Waals surface area contributed by atoms with E-state index in [0.29, 0.717) is 0 Å². The van der Waals surface area contributed by atoms with E-state index in [-0.39, 0.29) is 133 Å². The molecule has 0 aromatic carbocycles. The number of carboxylic acid groups (broad SMARTS) is 4. The molecule has 21 nitrogen and oxygen atoms in total. The number of nitrogens with zero attached hydrogens (tertiary/aromatic N) is 2. The predicted octanol–water partition coefficient (Wildman–Crippen LogP) is -14.4. The number of carboxylic acids is 4. The van der Waals surface area contributed by atoms with E-state index in [1.807, 2.05) is 0 Å². The first-order valence-electron chi connectivity index (χ1n) is 12.3. The van der Waals surface area contributed by atoms with Crippen LogP contribution < -0.4 is 90.4 Å². The van der Waals surface area contributed by atoms with E-state index in [9.17, 15) is 58.5 Å². The van der Waals surface area contributed by atoms with Crippen LogP contribution in [-0.2, 0) is 14.4 Å². The number of Topliss-reactive ketones (excluding diaryl/α,β-unsaturated/α-hetero) is 4. The van der Waals surface area contributed by atoms with Crippen molar-refractivity contribution in [3.63, 3.8) is 0 Å². The topological polar surface area (TPSA) is 371 Å². The summed E-state index contributed by atoms with van der Waals surface area (Å²) in [6, 6.07) is 3.77. The van der Waals surface area contributed by atoms with Crippen molar-refractivity contribution in [1.82, 2.24) is 19.9 Å². The molecule has 25 heteroatoms. The van der Waals surface area contributed by atoms with E-state index < -0.39 is 80.9 Å². The number of carbonyl (C=O) groups is 9. The van der Waals surface area contributed by atoms with Gasteiger partial charge in [-0.1, -0.05) is 5.69 Å². The van der Waals surface area contributed by atoms with Gasteiger partial charge in [0.2, 0.25) is 17.4 Å². The Balaban J connectivity index is 0. The molecule has 0 spiro atoms. The molecule has 6 rings (SSSR count). The number of ketones is 4. The molecular formula is C28H10Li4N4O17. The fourth-order valence-electron chi connectivity index (χ4n) is 4.55. The molecule has 2 aliphatic rings. The van der Waals surface area contributed by atoms with Gasteiger partial charge in [-0.15, -0.1) is 11.8 Å². The van der Waals surface area contributed by atoms with Crippen LogP contribution in [0.3, 0.4) is 0 Å². The van der Waals surface area contributed by atoms with Crippen LogP contribution >= 0.6 is 0 Å². The maximum absolute atomic E-state index is 12.2. The number of pyridine rings is 2. The van der Waals surface area contributed by atoms with Crippen molar-refractivity contribution >= 4 is 59.6 Å². The van der Waals surface area contributed by atoms with Crippen LogP contribution in [0.2, 0.25) is 0 Å². The molecule has 0 radical (unpaired) electrons. The zero-order valence-corrected chi connectivity index (χ0v) is 27.3. The molecule has 248 valence electrons. The largest absolute Gasteiger partial charge is 1.00 e. The van der Waals surface area contributed by atoms with Gasteiger partial charge in [-0.25, -0.2) is 19.6 Å².